The van der Waals surface area contributed by atoms with Gasteiger partial charge < -0.3 is 19.7 Å². The minimum Gasteiger partial charge on any atom is -0.495 e. The van der Waals surface area contributed by atoms with Crippen LogP contribution >= 0.6 is 0 Å². The summed E-state index contributed by atoms with van der Waals surface area (Å²) in [6.45, 7) is 2.79. The zero-order valence-corrected chi connectivity index (χ0v) is 15.8. The van der Waals surface area contributed by atoms with Crippen molar-refractivity contribution in [3.63, 3.8) is 0 Å². The Hall–Kier alpha value is -3.02. The van der Waals surface area contributed by atoms with Crippen molar-refractivity contribution in [3.05, 3.63) is 54.6 Å². The number of para-hydroxylation sites is 3. The van der Waals surface area contributed by atoms with Crippen LogP contribution in [0.4, 0.5) is 5.69 Å². The predicted molar refractivity (Wildman–Crippen MR) is 105 cm³/mol. The minimum atomic E-state index is -0.254. The van der Waals surface area contributed by atoms with Crippen molar-refractivity contribution in [1.82, 2.24) is 4.90 Å². The van der Waals surface area contributed by atoms with E-state index in [1.54, 1.807) is 19.2 Å². The van der Waals surface area contributed by atoms with Crippen molar-refractivity contribution in [2.24, 2.45) is 0 Å². The van der Waals surface area contributed by atoms with Crippen LogP contribution in [-0.4, -0.2) is 43.5 Å². The van der Waals surface area contributed by atoms with Crippen molar-refractivity contribution >= 4 is 17.5 Å². The Labute approximate surface area is 160 Å². The van der Waals surface area contributed by atoms with Gasteiger partial charge in [0, 0.05) is 13.0 Å². The fraction of sp³-hybridized carbons (Fsp3) is 0.333. The van der Waals surface area contributed by atoms with E-state index in [1.165, 1.54) is 4.90 Å². The van der Waals surface area contributed by atoms with E-state index < -0.39 is 0 Å². The average molecular weight is 370 g/mol. The summed E-state index contributed by atoms with van der Waals surface area (Å²) in [7, 11) is 1.55. The lowest BCUT2D eigenvalue weighted by Crippen LogP contribution is -2.37. The summed E-state index contributed by atoms with van der Waals surface area (Å²) >= 11 is 0. The molecule has 0 spiro atoms. The summed E-state index contributed by atoms with van der Waals surface area (Å²) in [5, 5.41) is 2.79. The zero-order valence-electron chi connectivity index (χ0n) is 15.8. The highest BCUT2D eigenvalue weighted by Crippen LogP contribution is 2.22. The van der Waals surface area contributed by atoms with Gasteiger partial charge in [-0.3, -0.25) is 9.59 Å². The fourth-order valence-corrected chi connectivity index (χ4v) is 2.58. The molecular weight excluding hydrogens is 344 g/mol. The van der Waals surface area contributed by atoms with E-state index in [-0.39, 0.29) is 18.4 Å². The number of rotatable bonds is 10. The number of hydrogen-bond acceptors (Lipinski definition) is 4. The molecule has 0 saturated heterocycles. The quantitative estimate of drug-likeness (QED) is 0.652. The lowest BCUT2D eigenvalue weighted by Gasteiger charge is -2.21. The van der Waals surface area contributed by atoms with E-state index in [4.69, 9.17) is 9.47 Å². The molecule has 0 aromatic heterocycles. The number of carbonyl (C=O) groups excluding carboxylic acids is 2. The van der Waals surface area contributed by atoms with Gasteiger partial charge in [0.1, 0.15) is 11.5 Å². The summed E-state index contributed by atoms with van der Waals surface area (Å²) in [4.78, 5) is 26.2. The van der Waals surface area contributed by atoms with E-state index in [1.807, 2.05) is 49.4 Å². The van der Waals surface area contributed by atoms with Crippen LogP contribution in [0.25, 0.3) is 0 Å². The molecule has 0 fully saturated rings. The molecule has 0 bridgehead atoms. The van der Waals surface area contributed by atoms with Crippen molar-refractivity contribution in [3.8, 4) is 11.5 Å². The van der Waals surface area contributed by atoms with Crippen LogP contribution in [0.2, 0.25) is 0 Å². The second-order valence-electron chi connectivity index (χ2n) is 5.92. The molecule has 0 aliphatic heterocycles. The van der Waals surface area contributed by atoms with Gasteiger partial charge in [0.25, 0.3) is 0 Å². The maximum Gasteiger partial charge on any atom is 0.244 e. The number of likely N-dealkylation sites (N-methyl/N-ethyl adjacent to an activating group) is 1. The molecule has 0 radical (unpaired) electrons. The van der Waals surface area contributed by atoms with Gasteiger partial charge in [0.05, 0.1) is 25.9 Å². The summed E-state index contributed by atoms with van der Waals surface area (Å²) in [6, 6.07) is 16.7. The van der Waals surface area contributed by atoms with Crippen LogP contribution in [0.5, 0.6) is 11.5 Å². The summed E-state index contributed by atoms with van der Waals surface area (Å²) < 4.78 is 10.8. The van der Waals surface area contributed by atoms with Gasteiger partial charge in [0.15, 0.2) is 0 Å². The van der Waals surface area contributed by atoms with Gasteiger partial charge in [0.2, 0.25) is 11.8 Å². The molecular formula is C21H26N2O4. The molecule has 2 rings (SSSR count). The van der Waals surface area contributed by atoms with Gasteiger partial charge in [-0.1, -0.05) is 30.3 Å². The van der Waals surface area contributed by atoms with E-state index in [0.29, 0.717) is 37.4 Å². The van der Waals surface area contributed by atoms with Gasteiger partial charge in [-0.05, 0) is 37.6 Å². The SMILES string of the molecule is CCN(CC(=O)Nc1ccccc1OC)C(=O)CCCOc1ccccc1. The standard InChI is InChI=1S/C21H26N2O4/c1-3-23(16-20(24)22-18-12-7-8-13-19(18)26-2)21(25)14-9-15-27-17-10-5-4-6-11-17/h4-8,10-13H,3,9,14-16H2,1-2H3,(H,22,24). The maximum absolute atomic E-state index is 12.4. The molecule has 1 N–H and O–H groups in total. The Kier molecular flexibility index (Phi) is 8.16. The van der Waals surface area contributed by atoms with E-state index in [9.17, 15) is 9.59 Å². The number of hydrogen-bond donors (Lipinski definition) is 1. The van der Waals surface area contributed by atoms with Gasteiger partial charge in [-0.2, -0.15) is 0 Å². The summed E-state index contributed by atoms with van der Waals surface area (Å²) in [5.74, 6) is 1.05. The van der Waals surface area contributed by atoms with Crippen molar-refractivity contribution in [2.75, 3.05) is 32.1 Å². The number of nitrogens with one attached hydrogen (secondary N) is 1. The fourth-order valence-electron chi connectivity index (χ4n) is 2.58. The largest absolute Gasteiger partial charge is 0.495 e. The molecule has 0 aliphatic rings. The Bertz CT molecular complexity index is 734. The van der Waals surface area contributed by atoms with Crippen molar-refractivity contribution in [1.29, 1.82) is 0 Å². The molecule has 0 heterocycles. The highest BCUT2D eigenvalue weighted by atomic mass is 16.5. The lowest BCUT2D eigenvalue weighted by molar-refractivity contribution is -0.134. The average Bonchev–Trinajstić information content (AvgIpc) is 2.70. The molecule has 0 atom stereocenters. The van der Waals surface area contributed by atoms with E-state index in [2.05, 4.69) is 5.32 Å². The van der Waals surface area contributed by atoms with Crippen molar-refractivity contribution in [2.45, 2.75) is 19.8 Å². The first-order valence-corrected chi connectivity index (χ1v) is 9.02. The monoisotopic (exact) mass is 370 g/mol. The first kappa shape index (κ1) is 20.3. The number of methoxy groups -OCH3 is 1. The zero-order chi connectivity index (χ0) is 19.5. The summed E-state index contributed by atoms with van der Waals surface area (Å²) in [6.07, 6.45) is 0.932. The molecule has 0 saturated carbocycles. The second kappa shape index (κ2) is 10.9. The van der Waals surface area contributed by atoms with Crippen LogP contribution in [0.15, 0.2) is 54.6 Å². The maximum atomic E-state index is 12.4. The summed E-state index contributed by atoms with van der Waals surface area (Å²) in [5.41, 5.74) is 0.588. The molecule has 6 nitrogen and oxygen atoms in total. The molecule has 144 valence electrons. The molecule has 6 heteroatoms. The third-order valence-electron chi connectivity index (χ3n) is 4.00. The lowest BCUT2D eigenvalue weighted by atomic mass is 10.2. The molecule has 2 amide bonds. The number of anilines is 1. The number of ether oxygens (including phenoxy) is 2. The van der Waals surface area contributed by atoms with E-state index in [0.717, 1.165) is 5.75 Å². The Morgan fingerprint density at radius 3 is 2.44 bits per heavy atom. The Balaban J connectivity index is 1.77. The number of nitrogens with zero attached hydrogens (tertiary/aromatic N) is 1. The third kappa shape index (κ3) is 6.66. The molecule has 0 unspecified atom stereocenters. The Morgan fingerprint density at radius 2 is 1.74 bits per heavy atom. The van der Waals surface area contributed by atoms with Crippen LogP contribution in [0.1, 0.15) is 19.8 Å². The van der Waals surface area contributed by atoms with Crippen LogP contribution in [0, 0.1) is 0 Å². The molecule has 0 aliphatic carbocycles. The van der Waals surface area contributed by atoms with Gasteiger partial charge >= 0.3 is 0 Å². The van der Waals surface area contributed by atoms with Gasteiger partial charge in [-0.25, -0.2) is 0 Å². The number of amides is 2. The smallest absolute Gasteiger partial charge is 0.244 e. The highest BCUT2D eigenvalue weighted by Gasteiger charge is 2.16. The van der Waals surface area contributed by atoms with E-state index >= 15 is 0 Å². The first-order valence-electron chi connectivity index (χ1n) is 9.02. The van der Waals surface area contributed by atoms with Crippen LogP contribution in [-0.2, 0) is 9.59 Å². The Morgan fingerprint density at radius 1 is 1.04 bits per heavy atom. The highest BCUT2D eigenvalue weighted by molar-refractivity contribution is 5.95. The van der Waals surface area contributed by atoms with Crippen LogP contribution < -0.4 is 14.8 Å². The van der Waals surface area contributed by atoms with Gasteiger partial charge in [-0.15, -0.1) is 0 Å². The van der Waals surface area contributed by atoms with Crippen molar-refractivity contribution < 1.29 is 19.1 Å². The molecule has 2 aromatic carbocycles. The van der Waals surface area contributed by atoms with Crippen LogP contribution in [0.3, 0.4) is 0 Å². The second-order valence-corrected chi connectivity index (χ2v) is 5.92. The topological polar surface area (TPSA) is 67.9 Å². The minimum absolute atomic E-state index is 0.00687. The first-order chi connectivity index (χ1) is 13.1. The number of carbonyl (C=O) groups is 2. The normalized spacial score (nSPS) is 10.1. The predicted octanol–water partition coefficient (Wildman–Crippen LogP) is 3.34. The molecule has 2 aromatic rings. The number of benzene rings is 2. The molecule has 27 heavy (non-hydrogen) atoms. The third-order valence-corrected chi connectivity index (χ3v) is 4.00.